The molecule has 3 nitrogen and oxygen atoms in total. The summed E-state index contributed by atoms with van der Waals surface area (Å²) in [5, 5.41) is 11.9. The van der Waals surface area contributed by atoms with E-state index in [1.807, 2.05) is 0 Å². The Hall–Kier alpha value is -1.32. The van der Waals surface area contributed by atoms with Crippen LogP contribution in [0.25, 0.3) is 10.9 Å². The van der Waals surface area contributed by atoms with Crippen LogP contribution in [0, 0.1) is 0 Å². The molecule has 2 atom stereocenters. The van der Waals surface area contributed by atoms with Crippen molar-refractivity contribution in [1.82, 2.24) is 9.47 Å². The van der Waals surface area contributed by atoms with Gasteiger partial charge in [-0.1, -0.05) is 18.2 Å². The van der Waals surface area contributed by atoms with E-state index in [0.717, 1.165) is 32.2 Å². The second kappa shape index (κ2) is 4.09. The zero-order chi connectivity index (χ0) is 13.0. The molecule has 0 bridgehead atoms. The fourth-order valence-electron chi connectivity index (χ4n) is 3.93. The Balaban J connectivity index is 2.08. The zero-order valence-electron chi connectivity index (χ0n) is 11.3. The van der Waals surface area contributed by atoms with Crippen LogP contribution >= 0.6 is 0 Å². The first-order valence-electron chi connectivity index (χ1n) is 7.27. The van der Waals surface area contributed by atoms with Crippen molar-refractivity contribution in [3.8, 4) is 0 Å². The standard InChI is InChI=1S/C16H20N2O/c1-17-10-9-12-11-5-2-3-6-13(11)18-15(19)8-4-7-14(17)16(12)18/h2-3,5-6,14-15,19H,4,7-10H2,1H3/t14-,15-/m1/s1. The van der Waals surface area contributed by atoms with Gasteiger partial charge in [0.15, 0.2) is 0 Å². The number of hydrogen-bond donors (Lipinski definition) is 1. The molecule has 0 fully saturated rings. The molecule has 1 aromatic carbocycles. The second-order valence-electron chi connectivity index (χ2n) is 5.91. The topological polar surface area (TPSA) is 28.4 Å². The zero-order valence-corrected chi connectivity index (χ0v) is 11.3. The minimum atomic E-state index is -0.356. The third kappa shape index (κ3) is 1.52. The lowest BCUT2D eigenvalue weighted by atomic mass is 9.95. The average molecular weight is 256 g/mol. The fourth-order valence-corrected chi connectivity index (χ4v) is 3.93. The van der Waals surface area contributed by atoms with Crippen molar-refractivity contribution >= 4 is 10.9 Å². The molecule has 0 radical (unpaired) electrons. The summed E-state index contributed by atoms with van der Waals surface area (Å²) >= 11 is 0. The summed E-state index contributed by atoms with van der Waals surface area (Å²) in [6.07, 6.45) is 3.88. The third-order valence-corrected chi connectivity index (χ3v) is 4.86. The van der Waals surface area contributed by atoms with Crippen molar-refractivity contribution < 1.29 is 5.11 Å². The summed E-state index contributed by atoms with van der Waals surface area (Å²) < 4.78 is 2.21. The molecule has 0 saturated heterocycles. The van der Waals surface area contributed by atoms with Gasteiger partial charge in [0.05, 0.1) is 11.6 Å². The fraction of sp³-hybridized carbons (Fsp3) is 0.500. The molecule has 100 valence electrons. The van der Waals surface area contributed by atoms with Gasteiger partial charge in [0.1, 0.15) is 6.23 Å². The van der Waals surface area contributed by atoms with E-state index in [9.17, 15) is 5.11 Å². The number of nitrogens with zero attached hydrogens (tertiary/aromatic N) is 2. The Morgan fingerprint density at radius 1 is 1.21 bits per heavy atom. The highest BCUT2D eigenvalue weighted by molar-refractivity contribution is 5.86. The van der Waals surface area contributed by atoms with Gasteiger partial charge in [-0.05, 0) is 44.4 Å². The van der Waals surface area contributed by atoms with Gasteiger partial charge in [0, 0.05) is 17.6 Å². The van der Waals surface area contributed by atoms with E-state index in [0.29, 0.717) is 6.04 Å². The SMILES string of the molecule is CN1CCc2c3n(c4ccccc24)[C@H](O)CCC[C@H]31. The van der Waals surface area contributed by atoms with Gasteiger partial charge < -0.3 is 9.67 Å². The molecule has 0 unspecified atom stereocenters. The van der Waals surface area contributed by atoms with Gasteiger partial charge in [-0.2, -0.15) is 0 Å². The van der Waals surface area contributed by atoms with E-state index in [1.54, 1.807) is 0 Å². The summed E-state index contributed by atoms with van der Waals surface area (Å²) in [6.45, 7) is 1.13. The van der Waals surface area contributed by atoms with Gasteiger partial charge in [-0.25, -0.2) is 0 Å². The van der Waals surface area contributed by atoms with Crippen LogP contribution in [-0.4, -0.2) is 28.2 Å². The molecule has 1 aromatic heterocycles. The first kappa shape index (κ1) is 11.5. The van der Waals surface area contributed by atoms with E-state index in [1.165, 1.54) is 22.2 Å². The third-order valence-electron chi connectivity index (χ3n) is 4.86. The molecule has 0 aliphatic carbocycles. The normalized spacial score (nSPS) is 27.3. The Morgan fingerprint density at radius 2 is 2.05 bits per heavy atom. The predicted octanol–water partition coefficient (Wildman–Crippen LogP) is 2.85. The van der Waals surface area contributed by atoms with Gasteiger partial charge >= 0.3 is 0 Å². The Kier molecular flexibility index (Phi) is 2.47. The number of para-hydroxylation sites is 1. The summed E-state index contributed by atoms with van der Waals surface area (Å²) in [6, 6.07) is 9.03. The number of fused-ring (bicyclic) bond motifs is 3. The maximum absolute atomic E-state index is 10.5. The molecule has 2 aliphatic rings. The Bertz CT molecular complexity index is 631. The second-order valence-corrected chi connectivity index (χ2v) is 5.91. The molecule has 3 heteroatoms. The van der Waals surface area contributed by atoms with Crippen molar-refractivity contribution in [1.29, 1.82) is 0 Å². The van der Waals surface area contributed by atoms with Crippen molar-refractivity contribution in [3.63, 3.8) is 0 Å². The van der Waals surface area contributed by atoms with E-state index in [-0.39, 0.29) is 6.23 Å². The molecule has 1 N–H and O–H groups in total. The minimum Gasteiger partial charge on any atom is -0.373 e. The molecule has 19 heavy (non-hydrogen) atoms. The quantitative estimate of drug-likeness (QED) is 0.785. The number of hydrogen-bond acceptors (Lipinski definition) is 2. The molecule has 4 rings (SSSR count). The monoisotopic (exact) mass is 256 g/mol. The summed E-state index contributed by atoms with van der Waals surface area (Å²) in [4.78, 5) is 2.45. The minimum absolute atomic E-state index is 0.356. The molecule has 2 aromatic rings. The number of rotatable bonds is 0. The predicted molar refractivity (Wildman–Crippen MR) is 76.1 cm³/mol. The number of benzene rings is 1. The molecule has 2 aliphatic heterocycles. The molecule has 0 amide bonds. The summed E-state index contributed by atoms with van der Waals surface area (Å²) in [5.74, 6) is 0. The van der Waals surface area contributed by atoms with Crippen LogP contribution in [0.3, 0.4) is 0 Å². The number of likely N-dealkylation sites (N-methyl/N-ethyl adjacent to an activating group) is 1. The molecule has 0 spiro atoms. The smallest absolute Gasteiger partial charge is 0.131 e. The molecular weight excluding hydrogens is 236 g/mol. The van der Waals surface area contributed by atoms with Crippen molar-refractivity contribution in [2.45, 2.75) is 38.0 Å². The van der Waals surface area contributed by atoms with E-state index in [2.05, 4.69) is 40.8 Å². The Morgan fingerprint density at radius 3 is 2.95 bits per heavy atom. The highest BCUT2D eigenvalue weighted by Crippen LogP contribution is 2.43. The first-order chi connectivity index (χ1) is 9.27. The van der Waals surface area contributed by atoms with E-state index in [4.69, 9.17) is 0 Å². The lowest BCUT2D eigenvalue weighted by Gasteiger charge is -2.33. The van der Waals surface area contributed by atoms with Crippen LogP contribution in [-0.2, 0) is 6.42 Å². The van der Waals surface area contributed by atoms with Gasteiger partial charge in [0.25, 0.3) is 0 Å². The lowest BCUT2D eigenvalue weighted by Crippen LogP contribution is -2.32. The van der Waals surface area contributed by atoms with Gasteiger partial charge in [-0.15, -0.1) is 0 Å². The van der Waals surface area contributed by atoms with Crippen LogP contribution in [0.5, 0.6) is 0 Å². The number of aliphatic hydroxyl groups is 1. The van der Waals surface area contributed by atoms with Crippen molar-refractivity contribution in [2.24, 2.45) is 0 Å². The Labute approximate surface area is 113 Å². The number of aliphatic hydroxyl groups excluding tert-OH is 1. The van der Waals surface area contributed by atoms with Crippen LogP contribution in [0.2, 0.25) is 0 Å². The van der Waals surface area contributed by atoms with Crippen LogP contribution < -0.4 is 0 Å². The van der Waals surface area contributed by atoms with E-state index < -0.39 is 0 Å². The van der Waals surface area contributed by atoms with E-state index >= 15 is 0 Å². The van der Waals surface area contributed by atoms with Gasteiger partial charge in [0.2, 0.25) is 0 Å². The lowest BCUT2D eigenvalue weighted by molar-refractivity contribution is 0.0980. The first-order valence-corrected chi connectivity index (χ1v) is 7.27. The van der Waals surface area contributed by atoms with Crippen LogP contribution in [0.4, 0.5) is 0 Å². The molecule has 0 saturated carbocycles. The maximum atomic E-state index is 10.5. The summed E-state index contributed by atoms with van der Waals surface area (Å²) in [7, 11) is 2.22. The summed E-state index contributed by atoms with van der Waals surface area (Å²) in [5.41, 5.74) is 4.06. The number of aromatic nitrogens is 1. The highest BCUT2D eigenvalue weighted by Gasteiger charge is 2.34. The largest absolute Gasteiger partial charge is 0.373 e. The van der Waals surface area contributed by atoms with Crippen molar-refractivity contribution in [2.75, 3.05) is 13.6 Å². The van der Waals surface area contributed by atoms with Gasteiger partial charge in [-0.3, -0.25) is 4.90 Å². The molecular formula is C16H20N2O. The van der Waals surface area contributed by atoms with Crippen molar-refractivity contribution in [3.05, 3.63) is 35.5 Å². The highest BCUT2D eigenvalue weighted by atomic mass is 16.3. The molecule has 3 heterocycles. The average Bonchev–Trinajstić information content (AvgIpc) is 2.65. The maximum Gasteiger partial charge on any atom is 0.131 e. The van der Waals surface area contributed by atoms with Crippen LogP contribution in [0.1, 0.15) is 42.8 Å². The van der Waals surface area contributed by atoms with Crippen LogP contribution in [0.15, 0.2) is 24.3 Å².